The number of thioether (sulfide) groups is 1. The number of carbonyl (C=O) groups excluding carboxylic acids is 3. The van der Waals surface area contributed by atoms with Gasteiger partial charge in [-0.2, -0.15) is 0 Å². The van der Waals surface area contributed by atoms with Crippen LogP contribution in [-0.2, 0) is 19.6 Å². The molecule has 5 N–H and O–H groups in total. The van der Waals surface area contributed by atoms with Gasteiger partial charge < -0.3 is 30.2 Å². The van der Waals surface area contributed by atoms with Gasteiger partial charge in [-0.05, 0) is 66.7 Å². The van der Waals surface area contributed by atoms with E-state index in [-0.39, 0.29) is 22.3 Å². The quantitative estimate of drug-likeness (QED) is 0.117. The van der Waals surface area contributed by atoms with Gasteiger partial charge in [0, 0.05) is 33.5 Å². The third-order valence-corrected chi connectivity index (χ3v) is 8.42. The van der Waals surface area contributed by atoms with E-state index in [4.69, 9.17) is 19.3 Å². The van der Waals surface area contributed by atoms with Crippen LogP contribution in [0.5, 0.6) is 17.2 Å². The van der Waals surface area contributed by atoms with Gasteiger partial charge in [0.1, 0.15) is 11.4 Å². The SMILES string of the molecule is COc1cc(OC)c(OC)cc1/C=C(/NC(=O)c1ccccc1)C(=O)Nc1cccc(SCC(=O)Nc2ccc(S(N)(=O)=O)cc2)c1. The van der Waals surface area contributed by atoms with E-state index in [0.717, 1.165) is 0 Å². The maximum Gasteiger partial charge on any atom is 0.272 e. The standard InChI is InChI=1S/C33H32N4O8S2/c1-43-28-19-30(45-3)29(44-2)17-22(28)16-27(37-32(39)21-8-5-4-6-9-21)33(40)36-24-10-7-11-25(18-24)46-20-31(38)35-23-12-14-26(15-13-23)47(34,41)42/h4-19H,20H2,1-3H3,(H,35,38)(H,36,40)(H,37,39)(H2,34,41,42)/b27-16+. The van der Waals surface area contributed by atoms with Gasteiger partial charge >= 0.3 is 0 Å². The van der Waals surface area contributed by atoms with Crippen LogP contribution < -0.4 is 35.3 Å². The molecule has 244 valence electrons. The maximum absolute atomic E-state index is 13.6. The van der Waals surface area contributed by atoms with Gasteiger partial charge in [-0.1, -0.05) is 24.3 Å². The van der Waals surface area contributed by atoms with Crippen molar-refractivity contribution in [1.29, 1.82) is 0 Å². The van der Waals surface area contributed by atoms with E-state index in [2.05, 4.69) is 16.0 Å². The van der Waals surface area contributed by atoms with Crippen LogP contribution in [0.2, 0.25) is 0 Å². The van der Waals surface area contributed by atoms with Gasteiger partial charge in [-0.15, -0.1) is 11.8 Å². The van der Waals surface area contributed by atoms with Gasteiger partial charge in [0.05, 0.1) is 32.0 Å². The van der Waals surface area contributed by atoms with Gasteiger partial charge in [-0.3, -0.25) is 14.4 Å². The summed E-state index contributed by atoms with van der Waals surface area (Å²) in [6.07, 6.45) is 1.47. The Kier molecular flexibility index (Phi) is 11.6. The van der Waals surface area contributed by atoms with E-state index >= 15 is 0 Å². The number of hydrogen-bond acceptors (Lipinski definition) is 9. The number of anilines is 2. The molecule has 0 aliphatic rings. The normalized spacial score (nSPS) is 11.3. The molecular formula is C33H32N4O8S2. The molecule has 0 aliphatic heterocycles. The Morgan fingerprint density at radius 1 is 0.766 bits per heavy atom. The number of methoxy groups -OCH3 is 3. The van der Waals surface area contributed by atoms with Crippen LogP contribution in [0, 0.1) is 0 Å². The molecule has 0 bridgehead atoms. The summed E-state index contributed by atoms with van der Waals surface area (Å²) < 4.78 is 39.2. The average molecular weight is 677 g/mol. The summed E-state index contributed by atoms with van der Waals surface area (Å²) >= 11 is 1.22. The molecule has 0 fully saturated rings. The van der Waals surface area contributed by atoms with Crippen LogP contribution >= 0.6 is 11.8 Å². The first kappa shape index (κ1) is 34.6. The van der Waals surface area contributed by atoms with Gasteiger partial charge in [0.25, 0.3) is 11.8 Å². The Balaban J connectivity index is 1.52. The van der Waals surface area contributed by atoms with Crippen molar-refractivity contribution in [3.05, 3.63) is 108 Å². The maximum atomic E-state index is 13.6. The molecule has 0 unspecified atom stereocenters. The summed E-state index contributed by atoms with van der Waals surface area (Å²) in [7, 11) is 0.590. The van der Waals surface area contributed by atoms with Crippen molar-refractivity contribution in [2.45, 2.75) is 9.79 Å². The molecule has 12 nitrogen and oxygen atoms in total. The van der Waals surface area contributed by atoms with Crippen molar-refractivity contribution in [1.82, 2.24) is 5.32 Å². The molecule has 4 aromatic rings. The Morgan fingerprint density at radius 3 is 2.06 bits per heavy atom. The lowest BCUT2D eigenvalue weighted by atomic mass is 10.1. The lowest BCUT2D eigenvalue weighted by Gasteiger charge is -2.15. The van der Waals surface area contributed by atoms with Gasteiger partial charge in [0.15, 0.2) is 11.5 Å². The smallest absolute Gasteiger partial charge is 0.272 e. The topological polar surface area (TPSA) is 175 Å². The number of rotatable bonds is 13. The van der Waals surface area contributed by atoms with Crippen molar-refractivity contribution in [2.75, 3.05) is 37.7 Å². The summed E-state index contributed by atoms with van der Waals surface area (Å²) in [5.41, 5.74) is 1.54. The van der Waals surface area contributed by atoms with E-state index in [1.54, 1.807) is 66.7 Å². The number of benzene rings is 4. The fraction of sp³-hybridized carbons (Fsp3) is 0.121. The van der Waals surface area contributed by atoms with Crippen molar-refractivity contribution >= 4 is 57.0 Å². The lowest BCUT2D eigenvalue weighted by Crippen LogP contribution is -2.30. The highest BCUT2D eigenvalue weighted by atomic mass is 32.2. The van der Waals surface area contributed by atoms with Crippen LogP contribution in [0.1, 0.15) is 15.9 Å². The summed E-state index contributed by atoms with van der Waals surface area (Å²) in [6.45, 7) is 0. The minimum atomic E-state index is -3.84. The van der Waals surface area contributed by atoms with E-state index in [1.165, 1.54) is 63.4 Å². The highest BCUT2D eigenvalue weighted by Crippen LogP contribution is 2.35. The molecule has 0 aromatic heterocycles. The number of amides is 3. The fourth-order valence-electron chi connectivity index (χ4n) is 4.20. The molecule has 47 heavy (non-hydrogen) atoms. The van der Waals surface area contributed by atoms with Crippen LogP contribution in [0.4, 0.5) is 11.4 Å². The first-order chi connectivity index (χ1) is 22.5. The summed E-state index contributed by atoms with van der Waals surface area (Å²) in [5.74, 6) is -0.225. The number of nitrogens with one attached hydrogen (secondary N) is 3. The first-order valence-electron chi connectivity index (χ1n) is 13.9. The molecular weight excluding hydrogens is 645 g/mol. The Morgan fingerprint density at radius 2 is 1.43 bits per heavy atom. The number of primary sulfonamides is 1. The van der Waals surface area contributed by atoms with Crippen LogP contribution in [0.3, 0.4) is 0 Å². The second-order valence-electron chi connectivity index (χ2n) is 9.72. The molecule has 0 saturated carbocycles. The molecule has 0 atom stereocenters. The van der Waals surface area contributed by atoms with Crippen molar-refractivity contribution in [2.24, 2.45) is 5.14 Å². The highest BCUT2D eigenvalue weighted by Gasteiger charge is 2.18. The molecule has 3 amide bonds. The van der Waals surface area contributed by atoms with E-state index < -0.39 is 21.8 Å². The molecule has 14 heteroatoms. The molecule has 4 aromatic carbocycles. The molecule has 0 spiro atoms. The highest BCUT2D eigenvalue weighted by molar-refractivity contribution is 8.00. The number of nitrogens with two attached hydrogens (primary N) is 1. The summed E-state index contributed by atoms with van der Waals surface area (Å²) in [6, 6.07) is 24.0. The molecule has 0 heterocycles. The first-order valence-corrected chi connectivity index (χ1v) is 16.4. The monoisotopic (exact) mass is 676 g/mol. The van der Waals surface area contributed by atoms with Gasteiger partial charge in [0.2, 0.25) is 15.9 Å². The minimum absolute atomic E-state index is 0.0335. The Labute approximate surface area is 276 Å². The van der Waals surface area contributed by atoms with Crippen LogP contribution in [0.25, 0.3) is 6.08 Å². The van der Waals surface area contributed by atoms with Crippen LogP contribution in [-0.4, -0.2) is 53.2 Å². The molecule has 0 radical (unpaired) electrons. The summed E-state index contributed by atoms with van der Waals surface area (Å²) in [5, 5.41) is 13.3. The molecule has 0 aliphatic carbocycles. The van der Waals surface area contributed by atoms with E-state index in [0.29, 0.717) is 44.6 Å². The third kappa shape index (κ3) is 9.59. The van der Waals surface area contributed by atoms with Crippen molar-refractivity contribution in [3.63, 3.8) is 0 Å². The lowest BCUT2D eigenvalue weighted by molar-refractivity contribution is -0.114. The zero-order valence-corrected chi connectivity index (χ0v) is 27.2. The Bertz CT molecular complexity index is 1900. The van der Waals surface area contributed by atoms with E-state index in [1.807, 2.05) is 0 Å². The van der Waals surface area contributed by atoms with Gasteiger partial charge in [-0.25, -0.2) is 13.6 Å². The second-order valence-corrected chi connectivity index (χ2v) is 12.3. The second kappa shape index (κ2) is 15.8. The minimum Gasteiger partial charge on any atom is -0.496 e. The molecule has 4 rings (SSSR count). The fourth-order valence-corrected chi connectivity index (χ4v) is 5.47. The van der Waals surface area contributed by atoms with Crippen molar-refractivity contribution in [3.8, 4) is 17.2 Å². The zero-order valence-electron chi connectivity index (χ0n) is 25.6. The predicted molar refractivity (Wildman–Crippen MR) is 180 cm³/mol. The zero-order chi connectivity index (χ0) is 34.0. The van der Waals surface area contributed by atoms with Crippen LogP contribution in [0.15, 0.2) is 106 Å². The number of carbonyl (C=O) groups is 3. The Hall–Kier alpha value is -5.31. The number of ether oxygens (including phenoxy) is 3. The third-order valence-electron chi connectivity index (χ3n) is 6.49. The van der Waals surface area contributed by atoms with E-state index in [9.17, 15) is 22.8 Å². The predicted octanol–water partition coefficient (Wildman–Crippen LogP) is 4.50. The summed E-state index contributed by atoms with van der Waals surface area (Å²) in [4.78, 5) is 39.9. The average Bonchev–Trinajstić information content (AvgIpc) is 3.07. The van der Waals surface area contributed by atoms with Crippen molar-refractivity contribution < 1.29 is 37.0 Å². The number of sulfonamides is 1. The number of hydrogen-bond donors (Lipinski definition) is 4. The molecule has 0 saturated heterocycles. The largest absolute Gasteiger partial charge is 0.496 e.